The maximum atomic E-state index is 5.48. The first-order valence-corrected chi connectivity index (χ1v) is 8.42. The van der Waals surface area contributed by atoms with Gasteiger partial charge >= 0.3 is 0 Å². The van der Waals surface area contributed by atoms with Crippen molar-refractivity contribution in [1.82, 2.24) is 4.98 Å². The van der Waals surface area contributed by atoms with E-state index in [1.807, 2.05) is 24.3 Å². The van der Waals surface area contributed by atoms with Gasteiger partial charge in [0.15, 0.2) is 0 Å². The molecule has 0 unspecified atom stereocenters. The summed E-state index contributed by atoms with van der Waals surface area (Å²) in [5, 5.41) is 3.41. The number of thiazole rings is 1. The number of para-hydroxylation sites is 1. The van der Waals surface area contributed by atoms with Crippen molar-refractivity contribution in [1.29, 1.82) is 0 Å². The van der Waals surface area contributed by atoms with Crippen molar-refractivity contribution in [2.75, 3.05) is 14.2 Å². The molecule has 3 rings (SSSR count). The van der Waals surface area contributed by atoms with Gasteiger partial charge in [-0.3, -0.25) is 0 Å². The van der Waals surface area contributed by atoms with Gasteiger partial charge in [0.2, 0.25) is 0 Å². The van der Waals surface area contributed by atoms with E-state index < -0.39 is 0 Å². The van der Waals surface area contributed by atoms with Crippen LogP contribution in [-0.2, 0) is 6.54 Å². The largest absolute Gasteiger partial charge is 0.497 e. The number of quaternary nitrogens is 1. The summed E-state index contributed by atoms with van der Waals surface area (Å²) in [7, 11) is 3.38. The second-order valence-corrected chi connectivity index (χ2v) is 6.53. The lowest BCUT2D eigenvalue weighted by Gasteiger charge is -2.15. The molecule has 1 heterocycles. The minimum Gasteiger partial charge on any atom is -0.497 e. The highest BCUT2D eigenvalue weighted by atomic mass is 32.1. The molecule has 0 fully saturated rings. The number of nitrogens with zero attached hydrogens (tertiary/aromatic N) is 1. The number of aromatic nitrogens is 1. The Kier molecular flexibility index (Phi) is 4.79. The Morgan fingerprint density at radius 2 is 1.96 bits per heavy atom. The molecule has 2 aromatic carbocycles. The smallest absolute Gasteiger partial charge is 0.148 e. The topological polar surface area (TPSA) is 48.0 Å². The molecular formula is C18H21N2O2S+. The first-order chi connectivity index (χ1) is 11.2. The highest BCUT2D eigenvalue weighted by Gasteiger charge is 2.16. The van der Waals surface area contributed by atoms with Gasteiger partial charge in [-0.25, -0.2) is 4.98 Å². The van der Waals surface area contributed by atoms with Crippen molar-refractivity contribution >= 4 is 21.6 Å². The number of nitrogens with two attached hydrogens (primary N) is 1. The summed E-state index contributed by atoms with van der Waals surface area (Å²) in [6.07, 6.45) is 0. The molecule has 0 saturated heterocycles. The van der Waals surface area contributed by atoms with Crippen molar-refractivity contribution in [2.24, 2.45) is 0 Å². The first kappa shape index (κ1) is 15.8. The SMILES string of the molecule is COc1ccc(OC)c([C@@H](C)[NH2+]Cc2nc3ccccc3s2)c1. The van der Waals surface area contributed by atoms with E-state index in [-0.39, 0.29) is 6.04 Å². The van der Waals surface area contributed by atoms with Crippen molar-refractivity contribution in [2.45, 2.75) is 19.5 Å². The number of methoxy groups -OCH3 is 2. The molecule has 0 amide bonds. The van der Waals surface area contributed by atoms with Gasteiger partial charge in [-0.05, 0) is 37.3 Å². The van der Waals surface area contributed by atoms with Crippen LogP contribution in [0.15, 0.2) is 42.5 Å². The Morgan fingerprint density at radius 3 is 2.70 bits per heavy atom. The minimum atomic E-state index is 0.257. The number of hydrogen-bond donors (Lipinski definition) is 1. The molecule has 0 aliphatic carbocycles. The molecule has 0 aliphatic heterocycles. The summed E-state index contributed by atoms with van der Waals surface area (Å²) in [6.45, 7) is 3.02. The van der Waals surface area contributed by atoms with Gasteiger partial charge < -0.3 is 14.8 Å². The van der Waals surface area contributed by atoms with Crippen molar-refractivity contribution < 1.29 is 14.8 Å². The quantitative estimate of drug-likeness (QED) is 0.756. The highest BCUT2D eigenvalue weighted by molar-refractivity contribution is 7.18. The Balaban J connectivity index is 1.74. The van der Waals surface area contributed by atoms with Crippen LogP contribution in [0.4, 0.5) is 0 Å². The van der Waals surface area contributed by atoms with E-state index in [4.69, 9.17) is 9.47 Å². The summed E-state index contributed by atoms with van der Waals surface area (Å²) >= 11 is 1.75. The number of ether oxygens (including phenoxy) is 2. The summed E-state index contributed by atoms with van der Waals surface area (Å²) in [4.78, 5) is 4.69. The average molecular weight is 329 g/mol. The molecule has 0 radical (unpaired) electrons. The molecule has 0 saturated carbocycles. The molecular weight excluding hydrogens is 308 g/mol. The monoisotopic (exact) mass is 329 g/mol. The van der Waals surface area contributed by atoms with Gasteiger partial charge in [0.05, 0.1) is 30.0 Å². The number of hydrogen-bond acceptors (Lipinski definition) is 4. The third-order valence-electron chi connectivity index (χ3n) is 3.91. The molecule has 1 aromatic heterocycles. The van der Waals surface area contributed by atoms with Gasteiger partial charge in [-0.1, -0.05) is 12.1 Å². The Morgan fingerprint density at radius 1 is 1.13 bits per heavy atom. The lowest BCUT2D eigenvalue weighted by atomic mass is 10.1. The van der Waals surface area contributed by atoms with Crippen molar-refractivity contribution in [3.05, 3.63) is 53.0 Å². The number of benzene rings is 2. The normalized spacial score (nSPS) is 12.3. The Labute approximate surface area is 140 Å². The molecule has 120 valence electrons. The third-order valence-corrected chi connectivity index (χ3v) is 4.97. The van der Waals surface area contributed by atoms with Crippen LogP contribution in [0.3, 0.4) is 0 Å². The van der Waals surface area contributed by atoms with E-state index in [1.54, 1.807) is 25.6 Å². The maximum Gasteiger partial charge on any atom is 0.148 e. The lowest BCUT2D eigenvalue weighted by molar-refractivity contribution is -0.707. The van der Waals surface area contributed by atoms with Crippen LogP contribution >= 0.6 is 11.3 Å². The van der Waals surface area contributed by atoms with Crippen molar-refractivity contribution in [3.63, 3.8) is 0 Å². The zero-order valence-corrected chi connectivity index (χ0v) is 14.4. The molecule has 1 atom stereocenters. The van der Waals surface area contributed by atoms with Crippen LogP contribution < -0.4 is 14.8 Å². The number of fused-ring (bicyclic) bond motifs is 1. The van der Waals surface area contributed by atoms with E-state index in [0.717, 1.165) is 34.1 Å². The second kappa shape index (κ2) is 6.98. The molecule has 5 heteroatoms. The standard InChI is InChI=1S/C18H20N2O2S/c1-12(14-10-13(21-2)8-9-16(14)22-3)19-11-18-20-15-6-4-5-7-17(15)23-18/h4-10,12,19H,11H2,1-3H3/p+1/t12-/m1/s1. The first-order valence-electron chi connectivity index (χ1n) is 7.61. The van der Waals surface area contributed by atoms with Crippen LogP contribution in [0.1, 0.15) is 23.5 Å². The fourth-order valence-electron chi connectivity index (χ4n) is 2.61. The van der Waals surface area contributed by atoms with Gasteiger partial charge in [0, 0.05) is 0 Å². The van der Waals surface area contributed by atoms with Crippen LogP contribution in [0.5, 0.6) is 11.5 Å². The van der Waals surface area contributed by atoms with Gasteiger partial charge in [-0.15, -0.1) is 11.3 Å². The predicted molar refractivity (Wildman–Crippen MR) is 93.2 cm³/mol. The van der Waals surface area contributed by atoms with E-state index in [0.29, 0.717) is 0 Å². The number of rotatable bonds is 6. The maximum absolute atomic E-state index is 5.48. The summed E-state index contributed by atoms with van der Waals surface area (Å²) in [6, 6.07) is 14.4. The molecule has 0 spiro atoms. The van der Waals surface area contributed by atoms with Gasteiger partial charge in [-0.2, -0.15) is 0 Å². The van der Waals surface area contributed by atoms with Gasteiger partial charge in [0.1, 0.15) is 29.1 Å². The molecule has 0 bridgehead atoms. The van der Waals surface area contributed by atoms with Gasteiger partial charge in [0.25, 0.3) is 0 Å². The van der Waals surface area contributed by atoms with E-state index in [2.05, 4.69) is 35.4 Å². The predicted octanol–water partition coefficient (Wildman–Crippen LogP) is 3.14. The zero-order valence-electron chi connectivity index (χ0n) is 13.6. The molecule has 2 N–H and O–H groups in total. The van der Waals surface area contributed by atoms with E-state index in [1.165, 1.54) is 4.70 Å². The van der Waals surface area contributed by atoms with Crippen LogP contribution in [0.2, 0.25) is 0 Å². The average Bonchev–Trinajstić information content (AvgIpc) is 3.02. The molecule has 3 aromatic rings. The zero-order chi connectivity index (χ0) is 16.2. The second-order valence-electron chi connectivity index (χ2n) is 5.41. The lowest BCUT2D eigenvalue weighted by Crippen LogP contribution is -2.83. The van der Waals surface area contributed by atoms with Crippen LogP contribution in [-0.4, -0.2) is 19.2 Å². The fraction of sp³-hybridized carbons (Fsp3) is 0.278. The fourth-order valence-corrected chi connectivity index (χ4v) is 3.55. The minimum absolute atomic E-state index is 0.257. The molecule has 0 aliphatic rings. The third kappa shape index (κ3) is 3.46. The Hall–Kier alpha value is -2.11. The van der Waals surface area contributed by atoms with E-state index in [9.17, 15) is 0 Å². The summed E-state index contributed by atoms with van der Waals surface area (Å²) < 4.78 is 12.0. The molecule has 23 heavy (non-hydrogen) atoms. The highest BCUT2D eigenvalue weighted by Crippen LogP contribution is 2.28. The Bertz CT molecular complexity index is 768. The summed E-state index contributed by atoms with van der Waals surface area (Å²) in [5.74, 6) is 1.74. The van der Waals surface area contributed by atoms with Crippen LogP contribution in [0, 0.1) is 0 Å². The van der Waals surface area contributed by atoms with E-state index >= 15 is 0 Å². The summed E-state index contributed by atoms with van der Waals surface area (Å²) in [5.41, 5.74) is 2.21. The van der Waals surface area contributed by atoms with Crippen LogP contribution in [0.25, 0.3) is 10.2 Å². The molecule has 4 nitrogen and oxygen atoms in total. The van der Waals surface area contributed by atoms with Crippen molar-refractivity contribution in [3.8, 4) is 11.5 Å².